The van der Waals surface area contributed by atoms with E-state index < -0.39 is 6.04 Å². The van der Waals surface area contributed by atoms with Crippen molar-refractivity contribution in [1.29, 1.82) is 0 Å². The SMILES string of the molecule is CNC(=O)C(CCC=O)N(C=O)Cc1c(C)ccc2c1OCC21CCN(Cc2cnn(Cc3cccc(Cl)c3)c2)CC1. The standard InChI is InChI=1S/C32H38ClN5O4/c1-23-8-9-28-30(27(23)20-37(22-40)29(7-4-14-39)31(41)34-2)42-21-32(28)10-12-36(13-11-32)17-25-16-35-38(19-25)18-24-5-3-6-26(33)15-24/h3,5-6,8-9,14-16,19,22,29H,4,7,10-13,17-18,20-21H2,1-2H3,(H,34,41). The highest BCUT2D eigenvalue weighted by molar-refractivity contribution is 6.30. The second-order valence-electron chi connectivity index (χ2n) is 11.4. The molecule has 42 heavy (non-hydrogen) atoms. The summed E-state index contributed by atoms with van der Waals surface area (Å²) >= 11 is 6.13. The number of nitrogens with zero attached hydrogens (tertiary/aromatic N) is 4. The molecule has 3 aromatic rings. The summed E-state index contributed by atoms with van der Waals surface area (Å²) in [5.41, 5.74) is 5.35. The molecule has 2 amide bonds. The number of aryl methyl sites for hydroxylation is 1. The van der Waals surface area contributed by atoms with Crippen LogP contribution in [0.15, 0.2) is 48.8 Å². The Morgan fingerprint density at radius 1 is 1.19 bits per heavy atom. The molecular weight excluding hydrogens is 554 g/mol. The zero-order chi connectivity index (χ0) is 29.7. The quantitative estimate of drug-likeness (QED) is 0.321. The molecule has 1 spiro atoms. The van der Waals surface area contributed by atoms with Crippen molar-refractivity contribution < 1.29 is 19.1 Å². The van der Waals surface area contributed by atoms with Gasteiger partial charge in [-0.05, 0) is 62.5 Å². The number of halogens is 1. The van der Waals surface area contributed by atoms with Gasteiger partial charge in [-0.3, -0.25) is 19.2 Å². The average Bonchev–Trinajstić information content (AvgIpc) is 3.58. The first-order valence-electron chi connectivity index (χ1n) is 14.5. The van der Waals surface area contributed by atoms with E-state index in [1.54, 1.807) is 0 Å². The number of likely N-dealkylation sites (N-methyl/N-ethyl adjacent to an activating group) is 1. The molecule has 1 unspecified atom stereocenters. The summed E-state index contributed by atoms with van der Waals surface area (Å²) in [7, 11) is 1.54. The number of piperidine rings is 1. The second kappa shape index (κ2) is 13.1. The number of aromatic nitrogens is 2. The fourth-order valence-corrected chi connectivity index (χ4v) is 6.46. The number of ether oxygens (including phenoxy) is 1. The molecule has 2 aliphatic rings. The van der Waals surface area contributed by atoms with Crippen molar-refractivity contribution in [3.05, 3.63) is 81.6 Å². The van der Waals surface area contributed by atoms with E-state index in [1.807, 2.05) is 36.0 Å². The third kappa shape index (κ3) is 6.37. The van der Waals surface area contributed by atoms with Crippen molar-refractivity contribution in [1.82, 2.24) is 24.9 Å². The van der Waals surface area contributed by atoms with Crippen LogP contribution in [0, 0.1) is 6.92 Å². The Balaban J connectivity index is 1.25. The Kier molecular flexibility index (Phi) is 9.28. The van der Waals surface area contributed by atoms with Gasteiger partial charge in [0.15, 0.2) is 0 Å². The van der Waals surface area contributed by atoms with Crippen LogP contribution in [-0.2, 0) is 39.4 Å². The van der Waals surface area contributed by atoms with Gasteiger partial charge in [-0.15, -0.1) is 0 Å². The van der Waals surface area contributed by atoms with E-state index in [-0.39, 0.29) is 30.7 Å². The lowest BCUT2D eigenvalue weighted by Gasteiger charge is -2.38. The Bertz CT molecular complexity index is 1430. The lowest BCUT2D eigenvalue weighted by molar-refractivity contribution is -0.133. The van der Waals surface area contributed by atoms with Crippen molar-refractivity contribution in [2.24, 2.45) is 0 Å². The smallest absolute Gasteiger partial charge is 0.242 e. The van der Waals surface area contributed by atoms with Crippen LogP contribution in [0.4, 0.5) is 0 Å². The van der Waals surface area contributed by atoms with Gasteiger partial charge in [-0.2, -0.15) is 5.10 Å². The molecule has 3 heterocycles. The summed E-state index contributed by atoms with van der Waals surface area (Å²) in [6, 6.07) is 11.4. The topological polar surface area (TPSA) is 96.8 Å². The molecule has 1 aromatic heterocycles. The molecule has 2 aromatic carbocycles. The summed E-state index contributed by atoms with van der Waals surface area (Å²) in [6.07, 6.45) is 7.93. The Morgan fingerprint density at radius 3 is 2.71 bits per heavy atom. The number of likely N-dealkylation sites (tertiary alicyclic amines) is 1. The highest BCUT2D eigenvalue weighted by Crippen LogP contribution is 2.48. The van der Waals surface area contributed by atoms with Crippen LogP contribution in [-0.4, -0.2) is 71.0 Å². The Hall–Kier alpha value is -3.69. The van der Waals surface area contributed by atoms with Gasteiger partial charge in [0.25, 0.3) is 0 Å². The molecule has 0 bridgehead atoms. The number of aldehydes is 1. The van der Waals surface area contributed by atoms with Crippen LogP contribution in [0.5, 0.6) is 5.75 Å². The van der Waals surface area contributed by atoms with E-state index in [0.717, 1.165) is 66.2 Å². The summed E-state index contributed by atoms with van der Waals surface area (Å²) in [5, 5.41) is 7.91. The predicted octanol–water partition coefficient (Wildman–Crippen LogP) is 3.87. The highest BCUT2D eigenvalue weighted by Gasteiger charge is 2.44. The van der Waals surface area contributed by atoms with Crippen molar-refractivity contribution in [2.45, 2.75) is 63.7 Å². The normalized spacial score (nSPS) is 16.5. The molecule has 9 nitrogen and oxygen atoms in total. The van der Waals surface area contributed by atoms with E-state index >= 15 is 0 Å². The minimum Gasteiger partial charge on any atom is -0.492 e. The van der Waals surface area contributed by atoms with Gasteiger partial charge in [0.2, 0.25) is 12.3 Å². The van der Waals surface area contributed by atoms with Crippen molar-refractivity contribution in [3.63, 3.8) is 0 Å². The lowest BCUT2D eigenvalue weighted by atomic mass is 9.73. The van der Waals surface area contributed by atoms with Gasteiger partial charge < -0.3 is 19.7 Å². The number of hydrogen-bond donors (Lipinski definition) is 1. The van der Waals surface area contributed by atoms with Crippen molar-refractivity contribution in [2.75, 3.05) is 26.7 Å². The molecule has 5 rings (SSSR count). The van der Waals surface area contributed by atoms with E-state index in [9.17, 15) is 14.4 Å². The van der Waals surface area contributed by atoms with E-state index in [1.165, 1.54) is 23.1 Å². The first kappa shape index (κ1) is 29.8. The maximum absolute atomic E-state index is 12.6. The summed E-state index contributed by atoms with van der Waals surface area (Å²) in [4.78, 5) is 39.6. The van der Waals surface area contributed by atoms with Crippen molar-refractivity contribution in [3.8, 4) is 5.75 Å². The minimum absolute atomic E-state index is 0.0746. The number of carbonyl (C=O) groups excluding carboxylic acids is 3. The van der Waals surface area contributed by atoms with Crippen LogP contribution in [0.1, 0.15) is 53.5 Å². The predicted molar refractivity (Wildman–Crippen MR) is 160 cm³/mol. The minimum atomic E-state index is -0.721. The fourth-order valence-electron chi connectivity index (χ4n) is 6.24. The zero-order valence-corrected chi connectivity index (χ0v) is 25.0. The average molecular weight is 592 g/mol. The molecule has 1 N–H and O–H groups in total. The molecule has 10 heteroatoms. The van der Waals surface area contributed by atoms with E-state index in [2.05, 4.69) is 39.7 Å². The summed E-state index contributed by atoms with van der Waals surface area (Å²) < 4.78 is 8.33. The molecule has 1 fully saturated rings. The largest absolute Gasteiger partial charge is 0.492 e. The molecular formula is C32H38ClN5O4. The first-order chi connectivity index (χ1) is 20.4. The first-order valence-corrected chi connectivity index (χ1v) is 14.8. The number of rotatable bonds is 12. The molecule has 1 saturated heterocycles. The summed E-state index contributed by atoms with van der Waals surface area (Å²) in [5.74, 6) is 0.553. The van der Waals surface area contributed by atoms with Gasteiger partial charge in [-0.1, -0.05) is 35.9 Å². The van der Waals surface area contributed by atoms with Gasteiger partial charge >= 0.3 is 0 Å². The van der Waals surface area contributed by atoms with E-state index in [0.29, 0.717) is 19.6 Å². The molecule has 0 saturated carbocycles. The third-order valence-corrected chi connectivity index (χ3v) is 8.92. The summed E-state index contributed by atoms with van der Waals surface area (Å²) in [6.45, 7) is 6.26. The third-order valence-electron chi connectivity index (χ3n) is 8.68. The van der Waals surface area contributed by atoms with Gasteiger partial charge in [0.05, 0.1) is 25.9 Å². The fraction of sp³-hybridized carbons (Fsp3) is 0.438. The second-order valence-corrected chi connectivity index (χ2v) is 11.8. The van der Waals surface area contributed by atoms with Crippen molar-refractivity contribution >= 4 is 30.2 Å². The van der Waals surface area contributed by atoms with Crippen LogP contribution in [0.3, 0.4) is 0 Å². The molecule has 222 valence electrons. The van der Waals surface area contributed by atoms with Crippen LogP contribution in [0.2, 0.25) is 5.02 Å². The van der Waals surface area contributed by atoms with Crippen LogP contribution in [0.25, 0.3) is 0 Å². The number of hydrogen-bond acceptors (Lipinski definition) is 6. The molecule has 0 aliphatic carbocycles. The number of nitrogens with one attached hydrogen (secondary N) is 1. The van der Waals surface area contributed by atoms with Crippen LogP contribution >= 0.6 is 11.6 Å². The molecule has 0 radical (unpaired) electrons. The zero-order valence-electron chi connectivity index (χ0n) is 24.2. The van der Waals surface area contributed by atoms with Gasteiger partial charge in [0, 0.05) is 53.3 Å². The highest BCUT2D eigenvalue weighted by atomic mass is 35.5. The number of amides is 2. The number of fused-ring (bicyclic) bond motifs is 2. The number of carbonyl (C=O) groups is 3. The Labute approximate surface area is 251 Å². The maximum Gasteiger partial charge on any atom is 0.242 e. The van der Waals surface area contributed by atoms with Crippen LogP contribution < -0.4 is 10.1 Å². The maximum atomic E-state index is 12.6. The number of benzene rings is 2. The monoisotopic (exact) mass is 591 g/mol. The lowest BCUT2D eigenvalue weighted by Crippen LogP contribution is -2.45. The van der Waals surface area contributed by atoms with E-state index in [4.69, 9.17) is 16.3 Å². The molecule has 2 aliphatic heterocycles. The molecule has 1 atom stereocenters. The van der Waals surface area contributed by atoms with Gasteiger partial charge in [-0.25, -0.2) is 0 Å². The Morgan fingerprint density at radius 2 is 2.00 bits per heavy atom. The van der Waals surface area contributed by atoms with Gasteiger partial charge in [0.1, 0.15) is 18.1 Å².